The van der Waals surface area contributed by atoms with Crippen LogP contribution < -0.4 is 0 Å². The zero-order chi connectivity index (χ0) is 10.8. The Kier molecular flexibility index (Phi) is 2.88. The highest BCUT2D eigenvalue weighted by Crippen LogP contribution is 2.27. The molecular weight excluding hydrogens is 234 g/mol. The molecule has 0 aliphatic heterocycles. The molecule has 0 N–H and O–H groups in total. The van der Waals surface area contributed by atoms with Crippen molar-refractivity contribution in [1.29, 1.82) is 0 Å². The number of esters is 1. The van der Waals surface area contributed by atoms with Crippen LogP contribution in [0.3, 0.4) is 0 Å². The molecular formula is C10H8ClNO2S. The van der Waals surface area contributed by atoms with E-state index in [9.17, 15) is 4.79 Å². The Morgan fingerprint density at radius 3 is 3.20 bits per heavy atom. The Labute approximate surface area is 95.6 Å². The van der Waals surface area contributed by atoms with Crippen LogP contribution in [0.25, 0.3) is 10.1 Å². The van der Waals surface area contributed by atoms with Crippen molar-refractivity contribution < 1.29 is 9.53 Å². The third-order valence-electron chi connectivity index (χ3n) is 1.88. The van der Waals surface area contributed by atoms with Crippen LogP contribution in [0.15, 0.2) is 17.5 Å². The molecule has 78 valence electrons. The normalized spacial score (nSPS) is 10.5. The fraction of sp³-hybridized carbons (Fsp3) is 0.200. The Morgan fingerprint density at radius 1 is 1.67 bits per heavy atom. The van der Waals surface area contributed by atoms with Crippen molar-refractivity contribution in [2.45, 2.75) is 6.92 Å². The fourth-order valence-corrected chi connectivity index (χ4v) is 2.34. The minimum Gasteiger partial charge on any atom is -0.461 e. The van der Waals surface area contributed by atoms with Gasteiger partial charge in [0.05, 0.1) is 11.3 Å². The van der Waals surface area contributed by atoms with Gasteiger partial charge in [-0.15, -0.1) is 11.3 Å². The molecule has 2 aromatic rings. The molecule has 5 heteroatoms. The van der Waals surface area contributed by atoms with E-state index in [1.165, 1.54) is 11.3 Å². The molecule has 3 nitrogen and oxygen atoms in total. The molecule has 0 aliphatic carbocycles. The van der Waals surface area contributed by atoms with Crippen molar-refractivity contribution in [3.63, 3.8) is 0 Å². The SMILES string of the molecule is CCOC(=O)c1cc2ccsc2c(Cl)n1. The highest BCUT2D eigenvalue weighted by atomic mass is 35.5. The molecule has 2 aromatic heterocycles. The number of aromatic nitrogens is 1. The van der Waals surface area contributed by atoms with E-state index in [1.807, 2.05) is 11.4 Å². The summed E-state index contributed by atoms with van der Waals surface area (Å²) in [6, 6.07) is 3.59. The van der Waals surface area contributed by atoms with Crippen molar-refractivity contribution in [1.82, 2.24) is 4.98 Å². The lowest BCUT2D eigenvalue weighted by Gasteiger charge is -2.01. The van der Waals surface area contributed by atoms with E-state index in [0.717, 1.165) is 10.1 Å². The van der Waals surface area contributed by atoms with Gasteiger partial charge in [0.1, 0.15) is 5.15 Å². The second-order valence-corrected chi connectivity index (χ2v) is 4.13. The summed E-state index contributed by atoms with van der Waals surface area (Å²) in [4.78, 5) is 15.4. The van der Waals surface area contributed by atoms with Gasteiger partial charge in [-0.2, -0.15) is 0 Å². The van der Waals surface area contributed by atoms with Crippen LogP contribution in [0.1, 0.15) is 17.4 Å². The van der Waals surface area contributed by atoms with Crippen LogP contribution >= 0.6 is 22.9 Å². The van der Waals surface area contributed by atoms with Gasteiger partial charge in [0.25, 0.3) is 0 Å². The van der Waals surface area contributed by atoms with Crippen molar-refractivity contribution in [3.8, 4) is 0 Å². The molecule has 2 heterocycles. The average molecular weight is 242 g/mol. The van der Waals surface area contributed by atoms with Crippen molar-refractivity contribution in [2.24, 2.45) is 0 Å². The summed E-state index contributed by atoms with van der Waals surface area (Å²) < 4.78 is 5.74. The van der Waals surface area contributed by atoms with Crippen molar-refractivity contribution in [2.75, 3.05) is 6.61 Å². The minimum absolute atomic E-state index is 0.257. The molecule has 0 fully saturated rings. The number of thiophene rings is 1. The summed E-state index contributed by atoms with van der Waals surface area (Å²) in [5.74, 6) is -0.437. The summed E-state index contributed by atoms with van der Waals surface area (Å²) in [6.45, 7) is 2.09. The van der Waals surface area contributed by atoms with Crippen molar-refractivity contribution in [3.05, 3.63) is 28.4 Å². The number of rotatable bonds is 2. The van der Waals surface area contributed by atoms with Crippen LogP contribution in [-0.4, -0.2) is 17.6 Å². The second kappa shape index (κ2) is 4.16. The lowest BCUT2D eigenvalue weighted by molar-refractivity contribution is 0.0520. The molecule has 0 aliphatic rings. The third-order valence-corrected chi connectivity index (χ3v) is 3.20. The number of hydrogen-bond donors (Lipinski definition) is 0. The third kappa shape index (κ3) is 1.96. The van der Waals surface area contributed by atoms with Crippen LogP contribution in [-0.2, 0) is 4.74 Å². The number of carbonyl (C=O) groups excluding carboxylic acids is 1. The lowest BCUT2D eigenvalue weighted by atomic mass is 10.3. The maximum Gasteiger partial charge on any atom is 0.356 e. The van der Waals surface area contributed by atoms with E-state index >= 15 is 0 Å². The predicted octanol–water partition coefficient (Wildman–Crippen LogP) is 3.13. The number of fused-ring (bicyclic) bond motifs is 1. The van der Waals surface area contributed by atoms with E-state index in [-0.39, 0.29) is 5.69 Å². The first-order chi connectivity index (χ1) is 7.22. The van der Waals surface area contributed by atoms with Crippen LogP contribution in [0.5, 0.6) is 0 Å². The summed E-state index contributed by atoms with van der Waals surface area (Å²) in [6.07, 6.45) is 0. The molecule has 0 amide bonds. The maximum atomic E-state index is 11.4. The Morgan fingerprint density at radius 2 is 2.47 bits per heavy atom. The first kappa shape index (κ1) is 10.4. The van der Waals surface area contributed by atoms with E-state index in [4.69, 9.17) is 16.3 Å². The molecule has 0 radical (unpaired) electrons. The molecule has 0 aromatic carbocycles. The van der Waals surface area contributed by atoms with Gasteiger partial charge in [-0.1, -0.05) is 11.6 Å². The van der Waals surface area contributed by atoms with E-state index < -0.39 is 5.97 Å². The maximum absolute atomic E-state index is 11.4. The van der Waals surface area contributed by atoms with Crippen molar-refractivity contribution >= 4 is 39.0 Å². The molecule has 15 heavy (non-hydrogen) atoms. The van der Waals surface area contributed by atoms with Gasteiger partial charge in [0.2, 0.25) is 0 Å². The van der Waals surface area contributed by atoms with Crippen LogP contribution in [0.4, 0.5) is 0 Å². The average Bonchev–Trinajstić information content (AvgIpc) is 2.66. The highest BCUT2D eigenvalue weighted by molar-refractivity contribution is 7.17. The van der Waals surface area contributed by atoms with E-state index in [1.54, 1.807) is 13.0 Å². The van der Waals surface area contributed by atoms with Gasteiger partial charge in [-0.3, -0.25) is 0 Å². The zero-order valence-electron chi connectivity index (χ0n) is 7.99. The molecule has 0 bridgehead atoms. The quantitative estimate of drug-likeness (QED) is 0.599. The monoisotopic (exact) mass is 241 g/mol. The number of hydrogen-bond acceptors (Lipinski definition) is 4. The second-order valence-electron chi connectivity index (χ2n) is 2.86. The highest BCUT2D eigenvalue weighted by Gasteiger charge is 2.12. The number of pyridine rings is 1. The zero-order valence-corrected chi connectivity index (χ0v) is 9.56. The molecule has 0 atom stereocenters. The van der Waals surface area contributed by atoms with Gasteiger partial charge in [-0.05, 0) is 29.8 Å². The lowest BCUT2D eigenvalue weighted by Crippen LogP contribution is -2.06. The Balaban J connectivity index is 2.49. The Bertz CT molecular complexity index is 509. The molecule has 0 saturated carbocycles. The standard InChI is InChI=1S/C10H8ClNO2S/c1-2-14-10(13)7-5-6-3-4-15-8(6)9(11)12-7/h3-5H,2H2,1H3. The molecule has 0 unspecified atom stereocenters. The number of ether oxygens (including phenoxy) is 1. The van der Waals surface area contributed by atoms with Crippen LogP contribution in [0, 0.1) is 0 Å². The first-order valence-corrected chi connectivity index (χ1v) is 5.69. The number of nitrogens with zero attached hydrogens (tertiary/aromatic N) is 1. The molecule has 0 spiro atoms. The smallest absolute Gasteiger partial charge is 0.356 e. The largest absolute Gasteiger partial charge is 0.461 e. The first-order valence-electron chi connectivity index (χ1n) is 4.43. The summed E-state index contributed by atoms with van der Waals surface area (Å²) in [5.41, 5.74) is 0.257. The number of halogens is 1. The number of carbonyl (C=O) groups is 1. The summed E-state index contributed by atoms with van der Waals surface area (Å²) >= 11 is 7.44. The fourth-order valence-electron chi connectivity index (χ4n) is 1.25. The predicted molar refractivity (Wildman–Crippen MR) is 60.6 cm³/mol. The van der Waals surface area contributed by atoms with Gasteiger partial charge < -0.3 is 4.74 Å². The summed E-state index contributed by atoms with van der Waals surface area (Å²) in [7, 11) is 0. The molecule has 0 saturated heterocycles. The van der Waals surface area contributed by atoms with E-state index in [0.29, 0.717) is 11.8 Å². The van der Waals surface area contributed by atoms with Gasteiger partial charge in [0, 0.05) is 0 Å². The molecule has 2 rings (SSSR count). The van der Waals surface area contributed by atoms with Gasteiger partial charge in [0.15, 0.2) is 5.69 Å². The minimum atomic E-state index is -0.437. The summed E-state index contributed by atoms with van der Waals surface area (Å²) in [5, 5.41) is 3.18. The topological polar surface area (TPSA) is 39.2 Å². The van der Waals surface area contributed by atoms with E-state index in [2.05, 4.69) is 4.98 Å². The Hall–Kier alpha value is -1.13. The van der Waals surface area contributed by atoms with Gasteiger partial charge >= 0.3 is 5.97 Å². The van der Waals surface area contributed by atoms with Crippen LogP contribution in [0.2, 0.25) is 5.15 Å². The van der Waals surface area contributed by atoms with Gasteiger partial charge in [-0.25, -0.2) is 9.78 Å².